The van der Waals surface area contributed by atoms with Gasteiger partial charge < -0.3 is 16.0 Å². The molecule has 0 aliphatic carbocycles. The van der Waals surface area contributed by atoms with E-state index >= 15 is 0 Å². The number of carbonyl (C=O) groups excluding carboxylic acids is 3. The zero-order valence-electron chi connectivity index (χ0n) is 21.5. The number of nitrogens with zero attached hydrogens (tertiary/aromatic N) is 1. The van der Waals surface area contributed by atoms with Crippen LogP contribution in [-0.4, -0.2) is 36.9 Å². The van der Waals surface area contributed by atoms with Crippen LogP contribution in [0.4, 0.5) is 11.4 Å². The van der Waals surface area contributed by atoms with Crippen LogP contribution < -0.4 is 21.1 Å². The number of pyridine rings is 1. The quantitative estimate of drug-likeness (QED) is 0.162. The molecule has 0 spiro atoms. The second-order valence-electron chi connectivity index (χ2n) is 8.55. The lowest BCUT2D eigenvalue weighted by atomic mass is 10.2. The van der Waals surface area contributed by atoms with Gasteiger partial charge in [0.05, 0.1) is 10.6 Å². The first-order valence-electron chi connectivity index (χ1n) is 12.1. The number of rotatable bonds is 10. The first-order chi connectivity index (χ1) is 19.7. The Kier molecular flexibility index (Phi) is 9.64. The largest absolute Gasteiger partial charge is 0.325 e. The van der Waals surface area contributed by atoms with Crippen molar-refractivity contribution in [1.82, 2.24) is 10.3 Å². The molecule has 0 unspecified atom stereocenters. The number of nitrogens with one attached hydrogen (secondary N) is 3. The minimum atomic E-state index is -3.82. The van der Waals surface area contributed by atoms with Gasteiger partial charge in [0.2, 0.25) is 15.9 Å². The van der Waals surface area contributed by atoms with Crippen molar-refractivity contribution in [2.24, 2.45) is 5.14 Å². The molecule has 0 saturated heterocycles. The maximum Gasteiger partial charge on any atom is 0.272 e. The van der Waals surface area contributed by atoms with E-state index in [1.807, 2.05) is 0 Å². The lowest BCUT2D eigenvalue weighted by Crippen LogP contribution is -2.30. The maximum absolute atomic E-state index is 13.2. The van der Waals surface area contributed by atoms with E-state index in [2.05, 4.69) is 20.9 Å². The molecule has 10 nitrogen and oxygen atoms in total. The molecule has 1 aromatic heterocycles. The fraction of sp³-hybridized carbons (Fsp3) is 0.0345. The van der Waals surface area contributed by atoms with E-state index in [-0.39, 0.29) is 22.3 Å². The van der Waals surface area contributed by atoms with E-state index in [0.717, 1.165) is 0 Å². The third kappa shape index (κ3) is 8.86. The fourth-order valence-electron chi connectivity index (χ4n) is 3.51. The number of amides is 3. The Balaban J connectivity index is 1.40. The number of hydrogen-bond acceptors (Lipinski definition) is 7. The minimum absolute atomic E-state index is 0.0257. The third-order valence-corrected chi connectivity index (χ3v) is 7.38. The number of hydrogen-bond donors (Lipinski definition) is 4. The highest BCUT2D eigenvalue weighted by atomic mass is 32.2. The molecule has 0 radical (unpaired) electrons. The number of thioether (sulfide) groups is 1. The SMILES string of the molecule is NS(=O)(=O)c1ccc(NC(=O)CSc2cccc(NC(=O)/C(=C/c3cccnc3)NC(=O)c3ccccc3)c2)cc1. The summed E-state index contributed by atoms with van der Waals surface area (Å²) >= 11 is 1.24. The Morgan fingerprint density at radius 1 is 0.854 bits per heavy atom. The van der Waals surface area contributed by atoms with Gasteiger partial charge in [-0.25, -0.2) is 13.6 Å². The Hall–Kier alpha value is -4.78. The van der Waals surface area contributed by atoms with Crippen molar-refractivity contribution in [1.29, 1.82) is 0 Å². The summed E-state index contributed by atoms with van der Waals surface area (Å²) in [5.74, 6) is -1.22. The molecule has 0 aliphatic heterocycles. The highest BCUT2D eigenvalue weighted by Gasteiger charge is 2.16. The Labute approximate surface area is 241 Å². The van der Waals surface area contributed by atoms with Crippen molar-refractivity contribution >= 4 is 57.0 Å². The Morgan fingerprint density at radius 2 is 1.61 bits per heavy atom. The number of anilines is 2. The molecular formula is C29H25N5O5S2. The van der Waals surface area contributed by atoms with Crippen LogP contribution in [-0.2, 0) is 19.6 Å². The molecule has 12 heteroatoms. The molecule has 5 N–H and O–H groups in total. The van der Waals surface area contributed by atoms with E-state index in [4.69, 9.17) is 5.14 Å². The lowest BCUT2D eigenvalue weighted by Gasteiger charge is -2.12. The minimum Gasteiger partial charge on any atom is -0.325 e. The van der Waals surface area contributed by atoms with Crippen LogP contribution in [0.15, 0.2) is 119 Å². The van der Waals surface area contributed by atoms with E-state index in [9.17, 15) is 22.8 Å². The zero-order chi connectivity index (χ0) is 29.2. The number of aromatic nitrogens is 1. The summed E-state index contributed by atoms with van der Waals surface area (Å²) in [6, 6.07) is 24.4. The van der Waals surface area contributed by atoms with Crippen molar-refractivity contribution in [3.05, 3.63) is 120 Å². The van der Waals surface area contributed by atoms with Crippen LogP contribution in [0.25, 0.3) is 6.08 Å². The number of carbonyl (C=O) groups is 3. The first kappa shape index (κ1) is 29.2. The Morgan fingerprint density at radius 3 is 2.29 bits per heavy atom. The molecule has 4 aromatic rings. The van der Waals surface area contributed by atoms with Gasteiger partial charge in [0.25, 0.3) is 11.8 Å². The molecule has 0 atom stereocenters. The molecule has 0 saturated carbocycles. The molecule has 3 amide bonds. The average molecular weight is 588 g/mol. The van der Waals surface area contributed by atoms with Gasteiger partial charge in [-0.2, -0.15) is 0 Å². The van der Waals surface area contributed by atoms with Crippen molar-refractivity contribution in [3.63, 3.8) is 0 Å². The molecule has 208 valence electrons. The standard InChI is InChI=1S/C29H25N5O5S2/c30-41(38,39)25-13-11-22(12-14-25)32-27(35)19-40-24-10-4-9-23(17-24)33-29(37)26(16-20-6-5-15-31-18-20)34-28(36)21-7-2-1-3-8-21/h1-18H,19H2,(H,32,35)(H,33,37)(H,34,36)(H2,30,38,39)/b26-16-. The van der Waals surface area contributed by atoms with E-state index in [1.165, 1.54) is 42.1 Å². The second-order valence-corrected chi connectivity index (χ2v) is 11.2. The number of nitrogens with two attached hydrogens (primary N) is 1. The fourth-order valence-corrected chi connectivity index (χ4v) is 4.78. The normalized spacial score (nSPS) is 11.4. The van der Waals surface area contributed by atoms with Gasteiger partial charge in [0.15, 0.2) is 0 Å². The van der Waals surface area contributed by atoms with Crippen LogP contribution >= 0.6 is 11.8 Å². The van der Waals surface area contributed by atoms with Gasteiger partial charge >= 0.3 is 0 Å². The molecule has 0 fully saturated rings. The maximum atomic E-state index is 13.2. The van der Waals surface area contributed by atoms with Gasteiger partial charge in [-0.05, 0) is 72.3 Å². The van der Waals surface area contributed by atoms with Crippen LogP contribution in [0.3, 0.4) is 0 Å². The summed E-state index contributed by atoms with van der Waals surface area (Å²) in [6.45, 7) is 0. The van der Waals surface area contributed by atoms with Gasteiger partial charge in [0.1, 0.15) is 5.70 Å². The number of primary sulfonamides is 1. The topological polar surface area (TPSA) is 160 Å². The second kappa shape index (κ2) is 13.5. The third-order valence-electron chi connectivity index (χ3n) is 5.45. The van der Waals surface area contributed by atoms with Crippen molar-refractivity contribution in [2.75, 3.05) is 16.4 Å². The summed E-state index contributed by atoms with van der Waals surface area (Å²) < 4.78 is 22.8. The van der Waals surface area contributed by atoms with Crippen LogP contribution in [0, 0.1) is 0 Å². The smallest absolute Gasteiger partial charge is 0.272 e. The predicted molar refractivity (Wildman–Crippen MR) is 158 cm³/mol. The number of benzene rings is 3. The summed E-state index contributed by atoms with van der Waals surface area (Å²) in [4.78, 5) is 43.1. The van der Waals surface area contributed by atoms with Gasteiger partial charge in [-0.15, -0.1) is 11.8 Å². The van der Waals surface area contributed by atoms with Crippen molar-refractivity contribution < 1.29 is 22.8 Å². The molecule has 3 aromatic carbocycles. The molecule has 0 aliphatic rings. The Bertz CT molecular complexity index is 1680. The van der Waals surface area contributed by atoms with Crippen molar-refractivity contribution in [2.45, 2.75) is 9.79 Å². The summed E-state index contributed by atoms with van der Waals surface area (Å²) in [5, 5.41) is 13.2. The highest BCUT2D eigenvalue weighted by molar-refractivity contribution is 8.00. The predicted octanol–water partition coefficient (Wildman–Crippen LogP) is 3.87. The van der Waals surface area contributed by atoms with Crippen LogP contribution in [0.5, 0.6) is 0 Å². The van der Waals surface area contributed by atoms with Gasteiger partial charge in [-0.3, -0.25) is 19.4 Å². The summed E-state index contributed by atoms with van der Waals surface area (Å²) in [5.41, 5.74) is 1.94. The van der Waals surface area contributed by atoms with Crippen LogP contribution in [0.2, 0.25) is 0 Å². The molecular weight excluding hydrogens is 562 g/mol. The average Bonchev–Trinajstić information content (AvgIpc) is 2.97. The zero-order valence-corrected chi connectivity index (χ0v) is 23.1. The van der Waals surface area contributed by atoms with Gasteiger partial charge in [-0.1, -0.05) is 30.3 Å². The van der Waals surface area contributed by atoms with Crippen LogP contribution in [0.1, 0.15) is 15.9 Å². The lowest BCUT2D eigenvalue weighted by molar-refractivity contribution is -0.114. The van der Waals surface area contributed by atoms with Crippen molar-refractivity contribution in [3.8, 4) is 0 Å². The monoisotopic (exact) mass is 587 g/mol. The van der Waals surface area contributed by atoms with E-state index < -0.39 is 21.8 Å². The highest BCUT2D eigenvalue weighted by Crippen LogP contribution is 2.23. The molecule has 41 heavy (non-hydrogen) atoms. The molecule has 4 rings (SSSR count). The first-order valence-corrected chi connectivity index (χ1v) is 14.7. The van der Waals surface area contributed by atoms with E-state index in [0.29, 0.717) is 27.4 Å². The summed E-state index contributed by atoms with van der Waals surface area (Å²) in [7, 11) is -3.82. The number of sulfonamides is 1. The summed E-state index contributed by atoms with van der Waals surface area (Å²) in [6.07, 6.45) is 4.70. The van der Waals surface area contributed by atoms with E-state index in [1.54, 1.807) is 79.1 Å². The molecule has 0 bridgehead atoms. The molecule has 1 heterocycles. The van der Waals surface area contributed by atoms with Gasteiger partial charge in [0, 0.05) is 34.2 Å².